The van der Waals surface area contributed by atoms with Gasteiger partial charge in [-0.2, -0.15) is 0 Å². The van der Waals surface area contributed by atoms with Gasteiger partial charge in [0.15, 0.2) is 5.88 Å². The smallest absolute Gasteiger partial charge is 0.195 e. The normalized spacial score (nSPS) is 21.7. The molecule has 0 N–H and O–H groups in total. The Balaban J connectivity index is 1.04. The van der Waals surface area contributed by atoms with Crippen LogP contribution in [-0.4, -0.2) is 21.3 Å². The van der Waals surface area contributed by atoms with Crippen molar-refractivity contribution < 1.29 is 4.74 Å². The van der Waals surface area contributed by atoms with E-state index in [2.05, 4.69) is 208 Å². The van der Waals surface area contributed by atoms with Gasteiger partial charge in [0.25, 0.3) is 0 Å². The van der Waals surface area contributed by atoms with Gasteiger partial charge in [-0.05, 0) is 101 Å². The van der Waals surface area contributed by atoms with Crippen molar-refractivity contribution >= 4 is 38.5 Å². The maximum atomic E-state index is 7.01. The summed E-state index contributed by atoms with van der Waals surface area (Å²) < 4.78 is 12.0. The summed E-state index contributed by atoms with van der Waals surface area (Å²) in [6.07, 6.45) is 23.2. The van der Waals surface area contributed by atoms with Crippen molar-refractivity contribution in [2.45, 2.75) is 44.2 Å². The minimum atomic E-state index is 0.0323. The number of fused-ring (bicyclic) bond motifs is 9. The maximum absolute atomic E-state index is 7.01. The molecule has 0 amide bonds. The topological polar surface area (TPSA) is 22.3 Å². The Morgan fingerprint density at radius 2 is 1.13 bits per heavy atom. The third-order valence-corrected chi connectivity index (χ3v) is 14.3. The number of rotatable bonds is 6. The predicted octanol–water partition coefficient (Wildman–Crippen LogP) is 14.3. The predicted molar refractivity (Wildman–Crippen MR) is 256 cm³/mol. The molecule has 13 rings (SSSR count). The molecule has 0 bridgehead atoms. The molecule has 6 aromatic carbocycles. The number of ether oxygens (including phenoxy) is 1. The molecule has 2 aromatic heterocycles. The zero-order valence-corrected chi connectivity index (χ0v) is 34.6. The molecule has 1 fully saturated rings. The third-order valence-electron chi connectivity index (χ3n) is 14.3. The lowest BCUT2D eigenvalue weighted by Gasteiger charge is -2.36. The van der Waals surface area contributed by atoms with E-state index in [1.54, 1.807) is 0 Å². The van der Waals surface area contributed by atoms with Crippen LogP contribution in [0.3, 0.4) is 0 Å². The number of benzene rings is 6. The third kappa shape index (κ3) is 5.52. The maximum Gasteiger partial charge on any atom is 0.195 e. The Morgan fingerprint density at radius 3 is 1.84 bits per heavy atom. The summed E-state index contributed by atoms with van der Waals surface area (Å²) in [5.41, 5.74) is 14.7. The molecule has 62 heavy (non-hydrogen) atoms. The van der Waals surface area contributed by atoms with E-state index in [9.17, 15) is 0 Å². The number of aromatic nitrogens is 2. The van der Waals surface area contributed by atoms with E-state index in [1.165, 1.54) is 92.7 Å². The quantitative estimate of drug-likeness (QED) is 0.167. The van der Waals surface area contributed by atoms with E-state index in [-0.39, 0.29) is 24.0 Å². The lowest BCUT2D eigenvalue weighted by molar-refractivity contribution is 0.154. The molecular weight excluding hydrogens is 755 g/mol. The molecule has 4 unspecified atom stereocenters. The van der Waals surface area contributed by atoms with E-state index in [0.29, 0.717) is 5.92 Å². The minimum absolute atomic E-state index is 0.0323. The van der Waals surface area contributed by atoms with Crippen LogP contribution in [0, 0.1) is 17.8 Å². The standard InChI is InChI=1S/C58H47N3O/c1-4-17-38(18-5-1)41-31-32-49-53(36-41)61(58-56(49)50-27-12-15-30-54(50)62-58)45-24-16-23-44(37-45)59-51-28-13-10-25-47(51)55-48-26-11-14-29-52(48)60(57(55)59)46-34-42(39-19-6-2-7-20-39)33-43(35-46)40-21-8-3-9-22-40/h2-3,6-16,19-38,49-50,53-54H,1,4-5,17-18H2. The summed E-state index contributed by atoms with van der Waals surface area (Å²) in [5.74, 6) is 2.20. The van der Waals surface area contributed by atoms with Gasteiger partial charge >= 0.3 is 0 Å². The van der Waals surface area contributed by atoms with Crippen molar-refractivity contribution in [3.8, 4) is 33.6 Å². The fourth-order valence-electron chi connectivity index (χ4n) is 11.6. The molecule has 0 spiro atoms. The number of nitrogens with zero attached hydrogens (tertiary/aromatic N) is 3. The van der Waals surface area contributed by atoms with Crippen LogP contribution in [0.5, 0.6) is 0 Å². The fraction of sp³-hybridized carbons (Fsp3) is 0.172. The summed E-state index contributed by atoms with van der Waals surface area (Å²) in [7, 11) is 0. The SMILES string of the molecule is C1=CC2OC3=C(C2C=C1)C1C=CC(C2CCCCC2)=CC1N3c1cccc(-n2c3ccccc3c3c4ccccc4n(-c4cc(-c5ccccc5)cc(-c5ccccc5)c4)c32)c1. The highest BCUT2D eigenvalue weighted by Crippen LogP contribution is 2.53. The molecule has 4 nitrogen and oxygen atoms in total. The Morgan fingerprint density at radius 1 is 0.500 bits per heavy atom. The highest BCUT2D eigenvalue weighted by molar-refractivity contribution is 6.22. The summed E-state index contributed by atoms with van der Waals surface area (Å²) in [4.78, 5) is 2.55. The molecule has 0 radical (unpaired) electrons. The van der Waals surface area contributed by atoms with Crippen LogP contribution >= 0.6 is 0 Å². The molecule has 4 heteroatoms. The van der Waals surface area contributed by atoms with Gasteiger partial charge in [0.2, 0.25) is 0 Å². The first kappa shape index (κ1) is 35.7. The highest BCUT2D eigenvalue weighted by Gasteiger charge is 2.50. The molecule has 3 aliphatic carbocycles. The number of anilines is 1. The Bertz CT molecular complexity index is 3170. The van der Waals surface area contributed by atoms with Crippen LogP contribution in [0.2, 0.25) is 0 Å². The van der Waals surface area contributed by atoms with E-state index < -0.39 is 0 Å². The minimum Gasteiger partial charge on any atom is -0.470 e. The van der Waals surface area contributed by atoms with Crippen molar-refractivity contribution in [3.05, 3.63) is 211 Å². The first-order valence-electron chi connectivity index (χ1n) is 22.6. The van der Waals surface area contributed by atoms with Crippen LogP contribution in [0.4, 0.5) is 5.69 Å². The van der Waals surface area contributed by atoms with Gasteiger partial charge in [-0.15, -0.1) is 0 Å². The molecular formula is C58H47N3O. The zero-order valence-electron chi connectivity index (χ0n) is 34.6. The molecule has 5 aliphatic rings. The second kappa shape index (κ2) is 14.3. The highest BCUT2D eigenvalue weighted by atomic mass is 16.5. The van der Waals surface area contributed by atoms with Gasteiger partial charge in [-0.3, -0.25) is 9.13 Å². The van der Waals surface area contributed by atoms with Gasteiger partial charge < -0.3 is 9.64 Å². The van der Waals surface area contributed by atoms with Crippen LogP contribution in [0.1, 0.15) is 32.1 Å². The largest absolute Gasteiger partial charge is 0.470 e. The number of hydrogen-bond acceptors (Lipinski definition) is 2. The van der Waals surface area contributed by atoms with Crippen LogP contribution < -0.4 is 4.90 Å². The van der Waals surface area contributed by atoms with Gasteiger partial charge in [0.1, 0.15) is 11.8 Å². The zero-order chi connectivity index (χ0) is 40.7. The van der Waals surface area contributed by atoms with Gasteiger partial charge in [0.05, 0.1) is 17.1 Å². The average molecular weight is 802 g/mol. The van der Waals surface area contributed by atoms with Crippen molar-refractivity contribution in [2.75, 3.05) is 4.90 Å². The van der Waals surface area contributed by atoms with Crippen molar-refractivity contribution in [2.24, 2.45) is 17.8 Å². The van der Waals surface area contributed by atoms with Crippen LogP contribution in [-0.2, 0) is 4.74 Å². The van der Waals surface area contributed by atoms with E-state index >= 15 is 0 Å². The van der Waals surface area contributed by atoms with Gasteiger partial charge in [-0.1, -0.05) is 159 Å². The Labute approximate surface area is 362 Å². The molecule has 2 aliphatic heterocycles. The Hall–Kier alpha value is -7.04. The van der Waals surface area contributed by atoms with Crippen LogP contribution in [0.25, 0.3) is 66.5 Å². The monoisotopic (exact) mass is 801 g/mol. The number of allylic oxidation sites excluding steroid dienone is 4. The number of hydrogen-bond donors (Lipinski definition) is 0. The fourth-order valence-corrected chi connectivity index (χ4v) is 11.6. The molecule has 8 aromatic rings. The summed E-state index contributed by atoms with van der Waals surface area (Å²) >= 11 is 0. The lowest BCUT2D eigenvalue weighted by atomic mass is 9.76. The summed E-state index contributed by atoms with van der Waals surface area (Å²) in [6, 6.07) is 56.0. The lowest BCUT2D eigenvalue weighted by Crippen LogP contribution is -2.37. The van der Waals surface area contributed by atoms with Crippen molar-refractivity contribution in [1.29, 1.82) is 0 Å². The van der Waals surface area contributed by atoms with E-state index in [0.717, 1.165) is 28.6 Å². The summed E-state index contributed by atoms with van der Waals surface area (Å²) in [6.45, 7) is 0. The average Bonchev–Trinajstić information content (AvgIpc) is 4.07. The number of para-hydroxylation sites is 2. The van der Waals surface area contributed by atoms with Gasteiger partial charge in [0, 0.05) is 50.6 Å². The first-order valence-corrected chi connectivity index (χ1v) is 22.6. The van der Waals surface area contributed by atoms with E-state index in [4.69, 9.17) is 4.74 Å². The second-order valence-electron chi connectivity index (χ2n) is 17.8. The molecule has 1 saturated carbocycles. The Kier molecular flexibility index (Phi) is 8.22. The first-order chi connectivity index (χ1) is 30.8. The molecule has 4 heterocycles. The summed E-state index contributed by atoms with van der Waals surface area (Å²) in [5, 5.41) is 3.75. The van der Waals surface area contributed by atoms with Crippen LogP contribution in [0.15, 0.2) is 211 Å². The second-order valence-corrected chi connectivity index (χ2v) is 17.8. The van der Waals surface area contributed by atoms with Gasteiger partial charge in [-0.25, -0.2) is 0 Å². The van der Waals surface area contributed by atoms with Crippen molar-refractivity contribution in [3.63, 3.8) is 0 Å². The molecule has 300 valence electrons. The van der Waals surface area contributed by atoms with E-state index in [1.807, 2.05) is 0 Å². The van der Waals surface area contributed by atoms with Crippen molar-refractivity contribution in [1.82, 2.24) is 9.13 Å². The molecule has 0 saturated heterocycles. The molecule has 4 atom stereocenters.